The molecule has 0 fully saturated rings. The van der Waals surface area contributed by atoms with E-state index >= 15 is 0 Å². The smallest absolute Gasteiger partial charge is 0.338 e. The first-order valence-corrected chi connectivity index (χ1v) is 5.75. The summed E-state index contributed by atoms with van der Waals surface area (Å²) in [6.07, 6.45) is 0. The zero-order chi connectivity index (χ0) is 14.2. The van der Waals surface area contributed by atoms with Crippen LogP contribution < -0.4 is 0 Å². The van der Waals surface area contributed by atoms with Gasteiger partial charge in [-0.25, -0.2) is 4.79 Å². The Morgan fingerprint density at radius 2 is 1.95 bits per heavy atom. The number of hydrogen-bond donors (Lipinski definition) is 2. The maximum absolute atomic E-state index is 11.0. The Bertz CT molecular complexity index is 716. The molecule has 0 unspecified atom stereocenters. The first-order valence-electron chi connectivity index (χ1n) is 4.99. The van der Waals surface area contributed by atoms with Crippen molar-refractivity contribution in [2.45, 2.75) is 0 Å². The quantitative estimate of drug-likeness (QED) is 0.833. The summed E-state index contributed by atoms with van der Waals surface area (Å²) in [4.78, 5) is 11.0. The normalized spacial score (nSPS) is 10.2. The Balaban J connectivity index is 2.67. The van der Waals surface area contributed by atoms with E-state index in [0.717, 1.165) is 0 Å². The van der Waals surface area contributed by atoms with E-state index in [1.165, 1.54) is 18.2 Å². The third-order valence-electron chi connectivity index (χ3n) is 2.53. The van der Waals surface area contributed by atoms with Crippen molar-refractivity contribution in [2.75, 3.05) is 0 Å². The molecule has 1 aromatic heterocycles. The minimum Gasteiger partial charge on any atom is -0.478 e. The highest BCUT2D eigenvalue weighted by Gasteiger charge is 2.20. The molecule has 0 aliphatic rings. The van der Waals surface area contributed by atoms with Crippen molar-refractivity contribution < 1.29 is 15.1 Å². The zero-order valence-electron chi connectivity index (χ0n) is 9.26. The number of hydrogen-bond acceptors (Lipinski definition) is 3. The molecule has 5 nitrogen and oxygen atoms in total. The molecule has 2 rings (SSSR count). The van der Waals surface area contributed by atoms with Gasteiger partial charge in [0, 0.05) is 5.56 Å². The monoisotopic (exact) mass is 296 g/mol. The number of halogens is 2. The number of nitrogens with zero attached hydrogens (tertiary/aromatic N) is 2. The predicted octanol–water partition coefficient (Wildman–Crippen LogP) is 3.27. The molecule has 2 aromatic rings. The van der Waals surface area contributed by atoms with Gasteiger partial charge in [0.1, 0.15) is 6.07 Å². The van der Waals surface area contributed by atoms with Crippen LogP contribution in [0.1, 0.15) is 16.1 Å². The summed E-state index contributed by atoms with van der Waals surface area (Å²) in [7, 11) is 0. The van der Waals surface area contributed by atoms with Crippen LogP contribution >= 0.6 is 23.2 Å². The molecule has 0 amide bonds. The molecule has 0 spiro atoms. The van der Waals surface area contributed by atoms with Gasteiger partial charge in [0.15, 0.2) is 5.69 Å². The standard InChI is InChI=1S/C12H6Cl2N2O3/c13-8-2-1-6(3-9(8)14)10-4-7(12(17)18)11(5-15)16(10)19/h1-4,19H,(H,17,18). The van der Waals surface area contributed by atoms with E-state index in [1.807, 2.05) is 0 Å². The maximum atomic E-state index is 11.0. The van der Waals surface area contributed by atoms with E-state index in [0.29, 0.717) is 15.3 Å². The van der Waals surface area contributed by atoms with Crippen LogP contribution in [-0.2, 0) is 0 Å². The summed E-state index contributed by atoms with van der Waals surface area (Å²) in [6.45, 7) is 0. The fourth-order valence-corrected chi connectivity index (χ4v) is 1.93. The van der Waals surface area contributed by atoms with E-state index in [-0.39, 0.29) is 22.0 Å². The largest absolute Gasteiger partial charge is 0.478 e. The van der Waals surface area contributed by atoms with E-state index in [9.17, 15) is 10.0 Å². The second-order valence-corrected chi connectivity index (χ2v) is 4.46. The molecule has 19 heavy (non-hydrogen) atoms. The van der Waals surface area contributed by atoms with Crippen molar-refractivity contribution in [3.8, 4) is 17.3 Å². The van der Waals surface area contributed by atoms with Gasteiger partial charge in [-0.2, -0.15) is 9.99 Å². The van der Waals surface area contributed by atoms with Gasteiger partial charge >= 0.3 is 5.97 Å². The molecule has 0 saturated heterocycles. The van der Waals surface area contributed by atoms with Crippen LogP contribution in [0.15, 0.2) is 24.3 Å². The summed E-state index contributed by atoms with van der Waals surface area (Å²) in [5.74, 6) is -1.30. The maximum Gasteiger partial charge on any atom is 0.338 e. The number of carbonyl (C=O) groups is 1. The van der Waals surface area contributed by atoms with Crippen molar-refractivity contribution in [3.05, 3.63) is 45.6 Å². The minimum absolute atomic E-state index is 0.146. The lowest BCUT2D eigenvalue weighted by atomic mass is 10.1. The molecule has 7 heteroatoms. The first kappa shape index (κ1) is 13.3. The molecule has 1 aromatic carbocycles. The van der Waals surface area contributed by atoms with Gasteiger partial charge in [-0.1, -0.05) is 29.3 Å². The molecule has 0 radical (unpaired) electrons. The Hall–Kier alpha value is -2.16. The van der Waals surface area contributed by atoms with Gasteiger partial charge in [-0.15, -0.1) is 0 Å². The predicted molar refractivity (Wildman–Crippen MR) is 68.7 cm³/mol. The summed E-state index contributed by atoms with van der Waals surface area (Å²) >= 11 is 11.6. The molecule has 1 heterocycles. The number of carboxylic acid groups (broad SMARTS) is 1. The van der Waals surface area contributed by atoms with Gasteiger partial charge < -0.3 is 10.3 Å². The number of carboxylic acids is 1. The lowest BCUT2D eigenvalue weighted by molar-refractivity contribution is 0.0694. The summed E-state index contributed by atoms with van der Waals surface area (Å²) < 4.78 is 0.517. The Kier molecular flexibility index (Phi) is 3.38. The Morgan fingerprint density at radius 3 is 2.42 bits per heavy atom. The van der Waals surface area contributed by atoms with Gasteiger partial charge in [0.25, 0.3) is 0 Å². The van der Waals surface area contributed by atoms with Crippen molar-refractivity contribution in [1.29, 1.82) is 5.26 Å². The van der Waals surface area contributed by atoms with E-state index < -0.39 is 5.97 Å². The van der Waals surface area contributed by atoms with Crippen LogP contribution in [0.5, 0.6) is 0 Å². The second kappa shape index (κ2) is 4.84. The van der Waals surface area contributed by atoms with Gasteiger partial charge in [0.05, 0.1) is 21.3 Å². The number of benzene rings is 1. The lowest BCUT2D eigenvalue weighted by Crippen LogP contribution is -2.01. The molecule has 0 bridgehead atoms. The van der Waals surface area contributed by atoms with E-state index in [1.54, 1.807) is 12.1 Å². The van der Waals surface area contributed by atoms with Crippen molar-refractivity contribution >= 4 is 29.2 Å². The third-order valence-corrected chi connectivity index (χ3v) is 3.27. The first-order chi connectivity index (χ1) is 8.95. The van der Waals surface area contributed by atoms with E-state index in [2.05, 4.69) is 0 Å². The Morgan fingerprint density at radius 1 is 1.26 bits per heavy atom. The molecule has 0 atom stereocenters. The van der Waals surface area contributed by atoms with Crippen LogP contribution in [0, 0.1) is 11.3 Å². The van der Waals surface area contributed by atoms with E-state index in [4.69, 9.17) is 33.6 Å². The number of aromatic carboxylic acids is 1. The Labute approximate surface area is 117 Å². The molecule has 0 aliphatic heterocycles. The highest BCUT2D eigenvalue weighted by atomic mass is 35.5. The van der Waals surface area contributed by atoms with Gasteiger partial charge in [-0.3, -0.25) is 0 Å². The summed E-state index contributed by atoms with van der Waals surface area (Å²) in [6, 6.07) is 7.37. The fraction of sp³-hybridized carbons (Fsp3) is 0. The van der Waals surface area contributed by atoms with Crippen LogP contribution in [0.2, 0.25) is 10.0 Å². The van der Waals surface area contributed by atoms with Crippen molar-refractivity contribution in [2.24, 2.45) is 0 Å². The highest BCUT2D eigenvalue weighted by Crippen LogP contribution is 2.30. The van der Waals surface area contributed by atoms with Crippen LogP contribution in [0.3, 0.4) is 0 Å². The minimum atomic E-state index is -1.30. The average molecular weight is 297 g/mol. The number of rotatable bonds is 2. The molecular formula is C12H6Cl2N2O3. The fourth-order valence-electron chi connectivity index (χ4n) is 1.63. The number of aromatic nitrogens is 1. The SMILES string of the molecule is N#Cc1c(C(=O)O)cc(-c2ccc(Cl)c(Cl)c2)n1O. The summed E-state index contributed by atoms with van der Waals surface area (Å²) in [5.41, 5.74) is -0.0481. The summed E-state index contributed by atoms with van der Waals surface area (Å²) in [5, 5.41) is 28.2. The molecule has 0 aliphatic carbocycles. The topological polar surface area (TPSA) is 86.3 Å². The zero-order valence-corrected chi connectivity index (χ0v) is 10.8. The third kappa shape index (κ3) is 2.24. The second-order valence-electron chi connectivity index (χ2n) is 3.65. The van der Waals surface area contributed by atoms with Crippen LogP contribution in [0.25, 0.3) is 11.3 Å². The van der Waals surface area contributed by atoms with Gasteiger partial charge in [0.2, 0.25) is 0 Å². The lowest BCUT2D eigenvalue weighted by Gasteiger charge is -2.04. The molecule has 96 valence electrons. The van der Waals surface area contributed by atoms with Crippen LogP contribution in [0.4, 0.5) is 0 Å². The molecule has 0 saturated carbocycles. The average Bonchev–Trinajstić information content (AvgIpc) is 2.70. The van der Waals surface area contributed by atoms with Crippen LogP contribution in [-0.4, -0.2) is 21.0 Å². The number of nitriles is 1. The molecular weight excluding hydrogens is 291 g/mol. The van der Waals surface area contributed by atoms with Crippen molar-refractivity contribution in [3.63, 3.8) is 0 Å². The van der Waals surface area contributed by atoms with Gasteiger partial charge in [-0.05, 0) is 18.2 Å². The highest BCUT2D eigenvalue weighted by molar-refractivity contribution is 6.42. The van der Waals surface area contributed by atoms with Crippen molar-refractivity contribution in [1.82, 2.24) is 4.73 Å². The molecule has 2 N–H and O–H groups in total.